The fourth-order valence-corrected chi connectivity index (χ4v) is 2.77. The highest BCUT2D eigenvalue weighted by Gasteiger charge is 2.30. The Hall–Kier alpha value is -0.130. The number of nitrogens with zero attached hydrogens (tertiary/aromatic N) is 1. The second-order valence-electron chi connectivity index (χ2n) is 5.60. The smallest absolute Gasteiger partial charge is 0.208 e. The van der Waals surface area contributed by atoms with E-state index in [1.54, 1.807) is 0 Å². The molecule has 0 saturated carbocycles. The van der Waals surface area contributed by atoms with Crippen molar-refractivity contribution in [2.75, 3.05) is 25.9 Å². The second kappa shape index (κ2) is 5.02. The van der Waals surface area contributed by atoms with Crippen LogP contribution in [0.25, 0.3) is 0 Å². The van der Waals surface area contributed by atoms with E-state index in [1.807, 2.05) is 0 Å². The minimum Gasteiger partial charge on any atom is -0.297 e. The van der Waals surface area contributed by atoms with Crippen molar-refractivity contribution in [1.29, 1.82) is 0 Å². The number of hydrogen-bond acceptors (Lipinski definition) is 3. The minimum atomic E-state index is -3.09. The summed E-state index contributed by atoms with van der Waals surface area (Å²) in [6.45, 7) is 9.08. The Bertz CT molecular complexity index is 325. The van der Waals surface area contributed by atoms with Crippen molar-refractivity contribution in [3.63, 3.8) is 0 Å². The normalized spacial score (nSPS) is 24.6. The van der Waals surface area contributed by atoms with Crippen LogP contribution in [0.4, 0.5) is 0 Å². The van der Waals surface area contributed by atoms with Crippen molar-refractivity contribution in [2.24, 2.45) is 5.92 Å². The van der Waals surface area contributed by atoms with E-state index in [9.17, 15) is 8.42 Å². The Morgan fingerprint density at radius 2 is 2.06 bits per heavy atom. The number of nitrogens with one attached hydrogen (secondary N) is 1. The van der Waals surface area contributed by atoms with E-state index < -0.39 is 10.0 Å². The van der Waals surface area contributed by atoms with E-state index in [-0.39, 0.29) is 5.54 Å². The van der Waals surface area contributed by atoms with Gasteiger partial charge in [-0.15, -0.1) is 0 Å². The van der Waals surface area contributed by atoms with Crippen LogP contribution in [-0.2, 0) is 10.0 Å². The van der Waals surface area contributed by atoms with Crippen LogP contribution in [0.3, 0.4) is 0 Å². The molecule has 0 radical (unpaired) electrons. The molecular weight excluding hydrogens is 224 g/mol. The first-order valence-electron chi connectivity index (χ1n) is 5.90. The maximum absolute atomic E-state index is 11.1. The van der Waals surface area contributed by atoms with Gasteiger partial charge in [-0.1, -0.05) is 6.92 Å². The van der Waals surface area contributed by atoms with Crippen LogP contribution in [0.5, 0.6) is 0 Å². The van der Waals surface area contributed by atoms with E-state index in [4.69, 9.17) is 0 Å². The van der Waals surface area contributed by atoms with E-state index in [2.05, 4.69) is 30.4 Å². The zero-order chi connectivity index (χ0) is 12.4. The van der Waals surface area contributed by atoms with Gasteiger partial charge in [0, 0.05) is 18.6 Å². The molecule has 1 aliphatic heterocycles. The van der Waals surface area contributed by atoms with Gasteiger partial charge in [0.25, 0.3) is 0 Å². The van der Waals surface area contributed by atoms with Crippen LogP contribution in [-0.4, -0.2) is 44.7 Å². The summed E-state index contributed by atoms with van der Waals surface area (Å²) < 4.78 is 24.8. The van der Waals surface area contributed by atoms with Crippen molar-refractivity contribution in [3.05, 3.63) is 0 Å². The summed E-state index contributed by atoms with van der Waals surface area (Å²) in [6, 6.07) is 0. The molecule has 0 aromatic rings. The Kier molecular flexibility index (Phi) is 4.37. The molecule has 1 atom stereocenters. The van der Waals surface area contributed by atoms with Crippen LogP contribution in [0.2, 0.25) is 0 Å². The van der Waals surface area contributed by atoms with Gasteiger partial charge in [-0.2, -0.15) is 0 Å². The van der Waals surface area contributed by atoms with Gasteiger partial charge in [0.1, 0.15) is 0 Å². The predicted octanol–water partition coefficient (Wildman–Crippen LogP) is 1.05. The van der Waals surface area contributed by atoms with Crippen molar-refractivity contribution in [3.8, 4) is 0 Å². The first-order chi connectivity index (χ1) is 7.21. The third-order valence-corrected chi connectivity index (χ3v) is 3.95. The summed E-state index contributed by atoms with van der Waals surface area (Å²) in [5.74, 6) is 0.714. The van der Waals surface area contributed by atoms with Gasteiger partial charge in [-0.05, 0) is 39.2 Å². The molecule has 0 amide bonds. The number of likely N-dealkylation sites (tertiary alicyclic amines) is 1. The standard InChI is InChI=1S/C11H24N2O2S/c1-10-6-5-7-13(8-10)11(2,3)9-12-16(4,14)15/h10,12H,5-9H2,1-4H3/t10-/m0/s1. The monoisotopic (exact) mass is 248 g/mol. The summed E-state index contributed by atoms with van der Waals surface area (Å²) >= 11 is 0. The second-order valence-corrected chi connectivity index (χ2v) is 7.43. The predicted molar refractivity (Wildman–Crippen MR) is 66.9 cm³/mol. The van der Waals surface area contributed by atoms with Crippen molar-refractivity contribution >= 4 is 10.0 Å². The largest absolute Gasteiger partial charge is 0.297 e. The van der Waals surface area contributed by atoms with Gasteiger partial charge in [0.05, 0.1) is 6.26 Å². The minimum absolute atomic E-state index is 0.0994. The van der Waals surface area contributed by atoms with Crippen LogP contribution >= 0.6 is 0 Å². The molecule has 1 rings (SSSR count). The molecule has 1 saturated heterocycles. The van der Waals surface area contributed by atoms with Crippen molar-refractivity contribution in [1.82, 2.24) is 9.62 Å². The Morgan fingerprint density at radius 3 is 2.56 bits per heavy atom. The van der Waals surface area contributed by atoms with Crippen LogP contribution in [0.15, 0.2) is 0 Å². The third kappa shape index (κ3) is 4.39. The van der Waals surface area contributed by atoms with Gasteiger partial charge >= 0.3 is 0 Å². The molecule has 1 N–H and O–H groups in total. The molecule has 0 aromatic carbocycles. The average molecular weight is 248 g/mol. The first-order valence-corrected chi connectivity index (χ1v) is 7.79. The lowest BCUT2D eigenvalue weighted by atomic mass is 9.94. The average Bonchev–Trinajstić information content (AvgIpc) is 2.14. The molecule has 1 fully saturated rings. The highest BCUT2D eigenvalue weighted by atomic mass is 32.2. The van der Waals surface area contributed by atoms with E-state index in [0.717, 1.165) is 13.1 Å². The van der Waals surface area contributed by atoms with Gasteiger partial charge < -0.3 is 0 Å². The molecular formula is C11H24N2O2S. The fraction of sp³-hybridized carbons (Fsp3) is 1.00. The maximum atomic E-state index is 11.1. The van der Waals surface area contributed by atoms with Crippen LogP contribution in [0, 0.1) is 5.92 Å². The lowest BCUT2D eigenvalue weighted by Crippen LogP contribution is -2.54. The SMILES string of the molecule is C[C@H]1CCCN(C(C)(C)CNS(C)(=O)=O)C1. The van der Waals surface area contributed by atoms with Gasteiger partial charge in [-0.25, -0.2) is 13.1 Å². The van der Waals surface area contributed by atoms with Gasteiger partial charge in [0.2, 0.25) is 10.0 Å². The molecule has 0 unspecified atom stereocenters. The summed E-state index contributed by atoms with van der Waals surface area (Å²) in [4.78, 5) is 2.39. The van der Waals surface area contributed by atoms with Gasteiger partial charge in [-0.3, -0.25) is 4.90 Å². The number of hydrogen-bond donors (Lipinski definition) is 1. The quantitative estimate of drug-likeness (QED) is 0.809. The summed E-state index contributed by atoms with van der Waals surface area (Å²) in [5.41, 5.74) is -0.0994. The molecule has 0 aromatic heterocycles. The Balaban J connectivity index is 2.55. The number of piperidine rings is 1. The molecule has 4 nitrogen and oxygen atoms in total. The lowest BCUT2D eigenvalue weighted by molar-refractivity contribution is 0.0747. The Morgan fingerprint density at radius 1 is 1.44 bits per heavy atom. The van der Waals surface area contributed by atoms with Crippen molar-refractivity contribution < 1.29 is 8.42 Å². The highest BCUT2D eigenvalue weighted by Crippen LogP contribution is 2.23. The zero-order valence-corrected chi connectivity index (χ0v) is 11.6. The van der Waals surface area contributed by atoms with E-state index >= 15 is 0 Å². The summed E-state index contributed by atoms with van der Waals surface area (Å²) in [5, 5.41) is 0. The molecule has 0 bridgehead atoms. The van der Waals surface area contributed by atoms with Crippen molar-refractivity contribution in [2.45, 2.75) is 39.2 Å². The molecule has 1 aliphatic rings. The molecule has 0 spiro atoms. The zero-order valence-electron chi connectivity index (χ0n) is 10.8. The van der Waals surface area contributed by atoms with E-state index in [1.165, 1.54) is 19.1 Å². The lowest BCUT2D eigenvalue weighted by Gasteiger charge is -2.43. The fourth-order valence-electron chi connectivity index (χ4n) is 2.16. The molecule has 96 valence electrons. The third-order valence-electron chi connectivity index (χ3n) is 3.28. The van der Waals surface area contributed by atoms with Crippen LogP contribution in [0.1, 0.15) is 33.6 Å². The molecule has 1 heterocycles. The number of rotatable bonds is 4. The molecule has 5 heteroatoms. The Labute approximate surface area is 99.5 Å². The number of sulfonamides is 1. The first kappa shape index (κ1) is 13.9. The molecule has 0 aliphatic carbocycles. The van der Waals surface area contributed by atoms with Gasteiger partial charge in [0.15, 0.2) is 0 Å². The molecule has 16 heavy (non-hydrogen) atoms. The highest BCUT2D eigenvalue weighted by molar-refractivity contribution is 7.88. The maximum Gasteiger partial charge on any atom is 0.208 e. The topological polar surface area (TPSA) is 49.4 Å². The summed E-state index contributed by atoms with van der Waals surface area (Å²) in [6.07, 6.45) is 3.71. The summed E-state index contributed by atoms with van der Waals surface area (Å²) in [7, 11) is -3.09. The van der Waals surface area contributed by atoms with Crippen LogP contribution < -0.4 is 4.72 Å². The van der Waals surface area contributed by atoms with E-state index in [0.29, 0.717) is 12.5 Å².